The van der Waals surface area contributed by atoms with Crippen molar-refractivity contribution in [2.24, 2.45) is 7.05 Å². The van der Waals surface area contributed by atoms with Crippen molar-refractivity contribution in [2.45, 2.75) is 25.4 Å². The highest BCUT2D eigenvalue weighted by molar-refractivity contribution is 5.28. The zero-order chi connectivity index (χ0) is 11.7. The maximum atomic E-state index is 4.47. The van der Waals surface area contributed by atoms with Gasteiger partial charge in [0.25, 0.3) is 0 Å². The Bertz CT molecular complexity index is 518. The topological polar surface area (TPSA) is 42.7 Å². The molecule has 2 aromatic rings. The molecule has 88 valence electrons. The van der Waals surface area contributed by atoms with Gasteiger partial charge in [0.05, 0.1) is 17.9 Å². The molecule has 0 saturated heterocycles. The summed E-state index contributed by atoms with van der Waals surface area (Å²) in [5.41, 5.74) is 3.82. The molecule has 17 heavy (non-hydrogen) atoms. The lowest BCUT2D eigenvalue weighted by molar-refractivity contribution is 0.521. The van der Waals surface area contributed by atoms with Crippen LogP contribution < -0.4 is 5.32 Å². The third-order valence-electron chi connectivity index (χ3n) is 3.27. The van der Waals surface area contributed by atoms with Crippen LogP contribution >= 0.6 is 0 Å². The second kappa shape index (κ2) is 4.30. The number of hydrogen-bond acceptors (Lipinski definition) is 3. The zero-order valence-corrected chi connectivity index (χ0v) is 9.93. The lowest BCUT2D eigenvalue weighted by Crippen LogP contribution is -2.19. The number of aryl methyl sites for hydroxylation is 2. The van der Waals surface area contributed by atoms with Gasteiger partial charge < -0.3 is 5.32 Å². The number of hydrogen-bond donors (Lipinski definition) is 1. The van der Waals surface area contributed by atoms with E-state index in [0.29, 0.717) is 6.04 Å². The van der Waals surface area contributed by atoms with Gasteiger partial charge in [-0.1, -0.05) is 6.07 Å². The number of nitrogens with zero attached hydrogens (tertiary/aromatic N) is 3. The van der Waals surface area contributed by atoms with Gasteiger partial charge in [-0.25, -0.2) is 0 Å². The van der Waals surface area contributed by atoms with Crippen molar-refractivity contribution in [3.63, 3.8) is 0 Å². The summed E-state index contributed by atoms with van der Waals surface area (Å²) >= 11 is 0. The first-order chi connectivity index (χ1) is 8.33. The fourth-order valence-corrected chi connectivity index (χ4v) is 2.42. The molecule has 1 unspecified atom stereocenters. The Morgan fingerprint density at radius 2 is 2.47 bits per heavy atom. The van der Waals surface area contributed by atoms with Crippen molar-refractivity contribution >= 4 is 0 Å². The van der Waals surface area contributed by atoms with Crippen molar-refractivity contribution in [1.29, 1.82) is 0 Å². The van der Waals surface area contributed by atoms with E-state index in [1.807, 2.05) is 36.4 Å². The van der Waals surface area contributed by atoms with Crippen LogP contribution in [0.4, 0.5) is 0 Å². The van der Waals surface area contributed by atoms with Gasteiger partial charge in [-0.2, -0.15) is 5.10 Å². The largest absolute Gasteiger partial charge is 0.304 e. The summed E-state index contributed by atoms with van der Waals surface area (Å²) in [7, 11) is 1.94. The monoisotopic (exact) mass is 228 g/mol. The first-order valence-electron chi connectivity index (χ1n) is 5.97. The third-order valence-corrected chi connectivity index (χ3v) is 3.27. The normalized spacial score (nSPS) is 18.3. The smallest absolute Gasteiger partial charge is 0.0605 e. The molecule has 1 aliphatic carbocycles. The number of aromatic nitrogens is 3. The third kappa shape index (κ3) is 2.08. The maximum absolute atomic E-state index is 4.47. The summed E-state index contributed by atoms with van der Waals surface area (Å²) in [6.07, 6.45) is 8.10. The van der Waals surface area contributed by atoms with Crippen molar-refractivity contribution in [2.75, 3.05) is 0 Å². The maximum Gasteiger partial charge on any atom is 0.0605 e. The van der Waals surface area contributed by atoms with Gasteiger partial charge in [-0.05, 0) is 24.5 Å². The summed E-state index contributed by atoms with van der Waals surface area (Å²) < 4.78 is 1.83. The van der Waals surface area contributed by atoms with Crippen LogP contribution in [-0.2, 0) is 20.0 Å². The second-order valence-corrected chi connectivity index (χ2v) is 4.54. The van der Waals surface area contributed by atoms with E-state index in [0.717, 1.165) is 19.4 Å². The van der Waals surface area contributed by atoms with E-state index in [-0.39, 0.29) is 0 Å². The van der Waals surface area contributed by atoms with Gasteiger partial charge in [0.15, 0.2) is 0 Å². The van der Waals surface area contributed by atoms with Gasteiger partial charge in [0.1, 0.15) is 0 Å². The van der Waals surface area contributed by atoms with Crippen molar-refractivity contribution < 1.29 is 0 Å². The molecule has 0 bridgehead atoms. The Hall–Kier alpha value is -1.68. The van der Waals surface area contributed by atoms with Crippen LogP contribution in [0.25, 0.3) is 0 Å². The van der Waals surface area contributed by atoms with E-state index in [1.165, 1.54) is 16.8 Å². The Labute approximate surface area is 101 Å². The first-order valence-corrected chi connectivity index (χ1v) is 5.97. The highest BCUT2D eigenvalue weighted by atomic mass is 15.2. The predicted octanol–water partition coefficient (Wildman–Crippen LogP) is 1.59. The molecular weight excluding hydrogens is 212 g/mol. The van der Waals surface area contributed by atoms with Crippen LogP contribution in [0.2, 0.25) is 0 Å². The van der Waals surface area contributed by atoms with Gasteiger partial charge >= 0.3 is 0 Å². The molecule has 0 radical (unpaired) electrons. The molecule has 1 atom stereocenters. The number of pyridine rings is 1. The van der Waals surface area contributed by atoms with Crippen LogP contribution in [0.15, 0.2) is 30.7 Å². The van der Waals surface area contributed by atoms with E-state index in [1.54, 1.807) is 0 Å². The average Bonchev–Trinajstić information content (AvgIpc) is 2.93. The van der Waals surface area contributed by atoms with Gasteiger partial charge in [-0.15, -0.1) is 0 Å². The van der Waals surface area contributed by atoms with Gasteiger partial charge in [-0.3, -0.25) is 9.67 Å². The fraction of sp³-hybridized carbons (Fsp3) is 0.385. The Balaban J connectivity index is 1.68. The molecule has 1 N–H and O–H groups in total. The predicted molar refractivity (Wildman–Crippen MR) is 65.3 cm³/mol. The molecule has 0 spiro atoms. The summed E-state index contributed by atoms with van der Waals surface area (Å²) in [6.45, 7) is 0.856. The highest BCUT2D eigenvalue weighted by Crippen LogP contribution is 2.28. The van der Waals surface area contributed by atoms with E-state index in [9.17, 15) is 0 Å². The molecule has 0 amide bonds. The van der Waals surface area contributed by atoms with Crippen LogP contribution in [0.3, 0.4) is 0 Å². The molecule has 4 nitrogen and oxygen atoms in total. The minimum Gasteiger partial charge on any atom is -0.304 e. The lowest BCUT2D eigenvalue weighted by Gasteiger charge is -2.11. The van der Waals surface area contributed by atoms with Crippen LogP contribution in [-0.4, -0.2) is 14.8 Å². The van der Waals surface area contributed by atoms with Crippen LogP contribution in [0.1, 0.15) is 29.3 Å². The first kappa shape index (κ1) is 10.5. The average molecular weight is 228 g/mol. The lowest BCUT2D eigenvalue weighted by atomic mass is 10.2. The minimum atomic E-state index is 0.395. The van der Waals surface area contributed by atoms with E-state index in [2.05, 4.69) is 21.5 Å². The Kier molecular flexibility index (Phi) is 2.65. The number of rotatable bonds is 3. The molecule has 3 rings (SSSR count). The molecule has 1 aliphatic rings. The fourth-order valence-electron chi connectivity index (χ4n) is 2.42. The molecule has 2 heterocycles. The number of nitrogens with one attached hydrogen (secondary N) is 1. The molecule has 0 saturated carbocycles. The van der Waals surface area contributed by atoms with Crippen molar-refractivity contribution in [1.82, 2.24) is 20.1 Å². The zero-order valence-electron chi connectivity index (χ0n) is 9.93. The molecule has 0 aromatic carbocycles. The molecule has 4 heteroatoms. The summed E-state index contributed by atoms with van der Waals surface area (Å²) in [6, 6.07) is 4.59. The standard InChI is InChI=1S/C13H16N4/c1-17-9-10(8-16-17)7-15-12-5-4-11-3-2-6-14-13(11)12/h2-3,6,8-9,12,15H,4-5,7H2,1H3. The van der Waals surface area contributed by atoms with E-state index in [4.69, 9.17) is 0 Å². The molecular formula is C13H16N4. The summed E-state index contributed by atoms with van der Waals surface area (Å²) in [4.78, 5) is 4.47. The van der Waals surface area contributed by atoms with Crippen molar-refractivity contribution in [3.05, 3.63) is 47.5 Å². The SMILES string of the molecule is Cn1cc(CNC2CCc3cccnc32)cn1. The van der Waals surface area contributed by atoms with Crippen molar-refractivity contribution in [3.8, 4) is 0 Å². The molecule has 2 aromatic heterocycles. The van der Waals surface area contributed by atoms with Gasteiger partial charge in [0.2, 0.25) is 0 Å². The Morgan fingerprint density at radius 3 is 3.29 bits per heavy atom. The number of fused-ring (bicyclic) bond motifs is 1. The highest BCUT2D eigenvalue weighted by Gasteiger charge is 2.22. The minimum absolute atomic E-state index is 0.395. The van der Waals surface area contributed by atoms with Gasteiger partial charge in [0, 0.05) is 31.5 Å². The van der Waals surface area contributed by atoms with E-state index < -0.39 is 0 Å². The molecule has 0 aliphatic heterocycles. The summed E-state index contributed by atoms with van der Waals surface area (Å²) in [5, 5.41) is 7.72. The Morgan fingerprint density at radius 1 is 1.53 bits per heavy atom. The molecule has 0 fully saturated rings. The summed E-state index contributed by atoms with van der Waals surface area (Å²) in [5.74, 6) is 0. The quantitative estimate of drug-likeness (QED) is 0.867. The van der Waals surface area contributed by atoms with Crippen LogP contribution in [0.5, 0.6) is 0 Å². The van der Waals surface area contributed by atoms with E-state index >= 15 is 0 Å². The second-order valence-electron chi connectivity index (χ2n) is 4.54. The van der Waals surface area contributed by atoms with Crippen LogP contribution in [0, 0.1) is 0 Å².